The van der Waals surface area contributed by atoms with Crippen LogP contribution >= 0.6 is 0 Å². The summed E-state index contributed by atoms with van der Waals surface area (Å²) in [5.41, 5.74) is 2.48. The van der Waals surface area contributed by atoms with Crippen molar-refractivity contribution in [2.45, 2.75) is 44.6 Å². The zero-order valence-electron chi connectivity index (χ0n) is 15.1. The quantitative estimate of drug-likeness (QED) is 0.752. The van der Waals surface area contributed by atoms with Crippen LogP contribution in [0.4, 0.5) is 0 Å². The van der Waals surface area contributed by atoms with Crippen molar-refractivity contribution in [3.8, 4) is 0 Å². The van der Waals surface area contributed by atoms with Crippen molar-refractivity contribution < 1.29 is 9.47 Å². The molecule has 0 aromatic heterocycles. The second kappa shape index (κ2) is 9.71. The average Bonchev–Trinajstić information content (AvgIpc) is 2.83. The molecule has 1 heterocycles. The molecule has 0 saturated carbocycles. The van der Waals surface area contributed by atoms with Crippen LogP contribution in [0.3, 0.4) is 0 Å². The van der Waals surface area contributed by atoms with E-state index in [4.69, 9.17) is 9.47 Å². The Morgan fingerprint density at radius 2 is 1.56 bits per heavy atom. The van der Waals surface area contributed by atoms with Gasteiger partial charge in [0.25, 0.3) is 0 Å². The summed E-state index contributed by atoms with van der Waals surface area (Å²) in [6.07, 6.45) is 3.67. The van der Waals surface area contributed by atoms with E-state index < -0.39 is 0 Å². The first-order valence-corrected chi connectivity index (χ1v) is 9.28. The normalized spacial score (nSPS) is 21.8. The van der Waals surface area contributed by atoms with Gasteiger partial charge in [-0.25, -0.2) is 0 Å². The first-order chi connectivity index (χ1) is 12.3. The highest BCUT2D eigenvalue weighted by molar-refractivity contribution is 5.14. The monoisotopic (exact) mass is 339 g/mol. The number of rotatable bonds is 7. The van der Waals surface area contributed by atoms with Crippen LogP contribution in [0, 0.1) is 0 Å². The number of ether oxygens (including phenoxy) is 2. The number of nitrogens with zero attached hydrogens (tertiary/aromatic N) is 1. The lowest BCUT2D eigenvalue weighted by Gasteiger charge is -2.27. The maximum absolute atomic E-state index is 6.21. The number of hydrogen-bond acceptors (Lipinski definition) is 3. The third kappa shape index (κ3) is 5.96. The number of likely N-dealkylation sites (tertiary alicyclic amines) is 1. The standard InChI is InChI=1S/C22H29NO2/c1-23-14-8-13-22(25-17-20-11-6-3-7-12-20)15-21(23)18-24-16-19-9-4-2-5-10-19/h2-7,9-12,21-22H,8,13-18H2,1H3. The molecule has 2 aromatic carbocycles. The van der Waals surface area contributed by atoms with Gasteiger partial charge in [0.2, 0.25) is 0 Å². The first kappa shape index (κ1) is 18.1. The van der Waals surface area contributed by atoms with Gasteiger partial charge in [0.15, 0.2) is 0 Å². The van der Waals surface area contributed by atoms with Gasteiger partial charge in [-0.05, 0) is 44.0 Å². The first-order valence-electron chi connectivity index (χ1n) is 9.28. The molecular weight excluding hydrogens is 310 g/mol. The molecular formula is C22H29NO2. The predicted octanol–water partition coefficient (Wildman–Crippen LogP) is 4.27. The smallest absolute Gasteiger partial charge is 0.0720 e. The summed E-state index contributed by atoms with van der Waals surface area (Å²) in [5.74, 6) is 0. The summed E-state index contributed by atoms with van der Waals surface area (Å²) in [4.78, 5) is 2.43. The van der Waals surface area contributed by atoms with E-state index in [-0.39, 0.29) is 0 Å². The van der Waals surface area contributed by atoms with Crippen LogP contribution in [-0.2, 0) is 22.7 Å². The molecule has 3 heteroatoms. The molecule has 0 radical (unpaired) electrons. The zero-order chi connectivity index (χ0) is 17.3. The van der Waals surface area contributed by atoms with Crippen molar-refractivity contribution in [3.05, 3.63) is 71.8 Å². The second-order valence-corrected chi connectivity index (χ2v) is 6.93. The largest absolute Gasteiger partial charge is 0.375 e. The third-order valence-electron chi connectivity index (χ3n) is 4.95. The summed E-state index contributed by atoms with van der Waals surface area (Å²) in [6, 6.07) is 21.2. The van der Waals surface area contributed by atoms with Gasteiger partial charge >= 0.3 is 0 Å². The molecule has 1 aliphatic heterocycles. The molecule has 1 aliphatic rings. The highest BCUT2D eigenvalue weighted by Gasteiger charge is 2.24. The van der Waals surface area contributed by atoms with Gasteiger partial charge in [-0.2, -0.15) is 0 Å². The van der Waals surface area contributed by atoms with E-state index in [2.05, 4.69) is 60.5 Å². The Hall–Kier alpha value is -1.68. The van der Waals surface area contributed by atoms with E-state index in [0.29, 0.717) is 25.4 Å². The summed E-state index contributed by atoms with van der Waals surface area (Å²) < 4.78 is 12.2. The Labute approximate surface area is 151 Å². The minimum atomic E-state index is 0.315. The van der Waals surface area contributed by atoms with Crippen LogP contribution in [0.5, 0.6) is 0 Å². The fourth-order valence-corrected chi connectivity index (χ4v) is 3.37. The lowest BCUT2D eigenvalue weighted by atomic mass is 10.1. The lowest BCUT2D eigenvalue weighted by molar-refractivity contribution is 0.00405. The molecule has 1 fully saturated rings. The van der Waals surface area contributed by atoms with Crippen LogP contribution in [0.1, 0.15) is 30.4 Å². The molecule has 2 unspecified atom stereocenters. The van der Waals surface area contributed by atoms with Crippen LogP contribution in [0.25, 0.3) is 0 Å². The maximum atomic E-state index is 6.21. The lowest BCUT2D eigenvalue weighted by Crippen LogP contribution is -2.36. The highest BCUT2D eigenvalue weighted by atomic mass is 16.5. The summed E-state index contributed by atoms with van der Waals surface area (Å²) >= 11 is 0. The maximum Gasteiger partial charge on any atom is 0.0720 e. The fourth-order valence-electron chi connectivity index (χ4n) is 3.37. The average molecular weight is 339 g/mol. The molecule has 2 atom stereocenters. The fraction of sp³-hybridized carbons (Fsp3) is 0.455. The van der Waals surface area contributed by atoms with Crippen molar-refractivity contribution >= 4 is 0 Å². The van der Waals surface area contributed by atoms with Crippen molar-refractivity contribution in [2.75, 3.05) is 20.2 Å². The van der Waals surface area contributed by atoms with E-state index in [1.54, 1.807) is 0 Å². The molecule has 3 nitrogen and oxygen atoms in total. The third-order valence-corrected chi connectivity index (χ3v) is 4.95. The molecule has 0 spiro atoms. The van der Waals surface area contributed by atoms with E-state index in [9.17, 15) is 0 Å². The Kier molecular flexibility index (Phi) is 7.04. The van der Waals surface area contributed by atoms with Gasteiger partial charge in [0.1, 0.15) is 0 Å². The zero-order valence-corrected chi connectivity index (χ0v) is 15.1. The van der Waals surface area contributed by atoms with Gasteiger partial charge < -0.3 is 14.4 Å². The van der Waals surface area contributed by atoms with Gasteiger partial charge in [0, 0.05) is 6.04 Å². The topological polar surface area (TPSA) is 21.7 Å². The van der Waals surface area contributed by atoms with E-state index in [1.165, 1.54) is 17.5 Å². The summed E-state index contributed by atoms with van der Waals surface area (Å²) in [5, 5.41) is 0. The minimum absolute atomic E-state index is 0.315. The molecule has 0 bridgehead atoms. The van der Waals surface area contributed by atoms with Crippen molar-refractivity contribution in [1.82, 2.24) is 4.90 Å². The molecule has 0 N–H and O–H groups in total. The minimum Gasteiger partial charge on any atom is -0.375 e. The van der Waals surface area contributed by atoms with Crippen molar-refractivity contribution in [1.29, 1.82) is 0 Å². The second-order valence-electron chi connectivity index (χ2n) is 6.93. The Balaban J connectivity index is 1.47. The molecule has 0 amide bonds. The van der Waals surface area contributed by atoms with Gasteiger partial charge in [-0.3, -0.25) is 0 Å². The molecule has 1 saturated heterocycles. The van der Waals surface area contributed by atoms with E-state index in [1.807, 2.05) is 12.1 Å². The summed E-state index contributed by atoms with van der Waals surface area (Å²) in [6.45, 7) is 3.26. The molecule has 25 heavy (non-hydrogen) atoms. The van der Waals surface area contributed by atoms with Gasteiger partial charge in [0.05, 0.1) is 25.9 Å². The van der Waals surface area contributed by atoms with Crippen molar-refractivity contribution in [3.63, 3.8) is 0 Å². The molecule has 2 aromatic rings. The highest BCUT2D eigenvalue weighted by Crippen LogP contribution is 2.20. The van der Waals surface area contributed by atoms with Gasteiger partial charge in [-0.1, -0.05) is 60.7 Å². The Morgan fingerprint density at radius 3 is 2.24 bits per heavy atom. The number of hydrogen-bond donors (Lipinski definition) is 0. The van der Waals surface area contributed by atoms with E-state index in [0.717, 1.165) is 26.0 Å². The Morgan fingerprint density at radius 1 is 0.920 bits per heavy atom. The van der Waals surface area contributed by atoms with Crippen LogP contribution in [0.2, 0.25) is 0 Å². The van der Waals surface area contributed by atoms with Crippen LogP contribution in [0.15, 0.2) is 60.7 Å². The Bertz CT molecular complexity index is 602. The number of likely N-dealkylation sites (N-methyl/N-ethyl adjacent to an activating group) is 1. The molecule has 0 aliphatic carbocycles. The predicted molar refractivity (Wildman–Crippen MR) is 101 cm³/mol. The van der Waals surface area contributed by atoms with E-state index >= 15 is 0 Å². The number of benzene rings is 2. The van der Waals surface area contributed by atoms with Crippen molar-refractivity contribution in [2.24, 2.45) is 0 Å². The van der Waals surface area contributed by atoms with Crippen LogP contribution in [-0.4, -0.2) is 37.2 Å². The van der Waals surface area contributed by atoms with Gasteiger partial charge in [-0.15, -0.1) is 0 Å². The molecule has 134 valence electrons. The van der Waals surface area contributed by atoms with Crippen LogP contribution < -0.4 is 0 Å². The SMILES string of the molecule is CN1CCCC(OCc2ccccc2)CC1COCc1ccccc1. The molecule has 3 rings (SSSR count). The summed E-state index contributed by atoms with van der Waals surface area (Å²) in [7, 11) is 2.20.